The highest BCUT2D eigenvalue weighted by molar-refractivity contribution is 6.07. The standard InChI is InChI=1S/C14H12F2N2O/c1-8-2-3-12(13(17)4-8)14(19)18-11-6-9(15)5-10(16)7-11/h2-7H,17H2,1H3,(H,18,19). The van der Waals surface area contributed by atoms with Crippen LogP contribution in [-0.4, -0.2) is 5.91 Å². The number of nitrogen functional groups attached to an aromatic ring is 1. The van der Waals surface area contributed by atoms with E-state index in [0.717, 1.165) is 23.8 Å². The molecule has 0 aliphatic carbocycles. The molecule has 0 spiro atoms. The minimum atomic E-state index is -0.757. The second kappa shape index (κ2) is 5.06. The maximum absolute atomic E-state index is 13.0. The zero-order chi connectivity index (χ0) is 14.0. The first kappa shape index (κ1) is 13.0. The molecule has 1 amide bonds. The molecule has 2 rings (SSSR count). The van der Waals surface area contributed by atoms with E-state index in [9.17, 15) is 13.6 Å². The van der Waals surface area contributed by atoms with Gasteiger partial charge in [-0.25, -0.2) is 8.78 Å². The average Bonchev–Trinajstić information content (AvgIpc) is 2.26. The molecule has 0 unspecified atom stereocenters. The van der Waals surface area contributed by atoms with E-state index in [2.05, 4.69) is 5.32 Å². The molecule has 0 fully saturated rings. The third-order valence-corrected chi connectivity index (χ3v) is 2.57. The minimum Gasteiger partial charge on any atom is -0.398 e. The first-order chi connectivity index (χ1) is 8.95. The van der Waals surface area contributed by atoms with Crippen molar-refractivity contribution in [1.29, 1.82) is 0 Å². The van der Waals surface area contributed by atoms with Crippen molar-refractivity contribution >= 4 is 17.3 Å². The molecule has 3 nitrogen and oxygen atoms in total. The Labute approximate surface area is 109 Å². The number of carbonyl (C=O) groups excluding carboxylic acids is 1. The lowest BCUT2D eigenvalue weighted by Crippen LogP contribution is -2.14. The van der Waals surface area contributed by atoms with Gasteiger partial charge in [-0.1, -0.05) is 6.07 Å². The Morgan fingerprint density at radius 3 is 2.32 bits per heavy atom. The van der Waals surface area contributed by atoms with Gasteiger partial charge in [-0.2, -0.15) is 0 Å². The molecule has 2 aromatic carbocycles. The van der Waals surface area contributed by atoms with Crippen molar-refractivity contribution in [2.24, 2.45) is 0 Å². The molecule has 98 valence electrons. The zero-order valence-corrected chi connectivity index (χ0v) is 10.2. The molecule has 0 aliphatic rings. The number of hydrogen-bond donors (Lipinski definition) is 2. The van der Waals surface area contributed by atoms with Gasteiger partial charge >= 0.3 is 0 Å². The number of amides is 1. The molecule has 0 atom stereocenters. The van der Waals surface area contributed by atoms with E-state index >= 15 is 0 Å². The Morgan fingerprint density at radius 1 is 1.11 bits per heavy atom. The van der Waals surface area contributed by atoms with Crippen molar-refractivity contribution in [1.82, 2.24) is 0 Å². The number of nitrogens with one attached hydrogen (secondary N) is 1. The Hall–Kier alpha value is -2.43. The summed E-state index contributed by atoms with van der Waals surface area (Å²) in [6.07, 6.45) is 0. The zero-order valence-electron chi connectivity index (χ0n) is 10.2. The van der Waals surface area contributed by atoms with Crippen LogP contribution in [0.1, 0.15) is 15.9 Å². The van der Waals surface area contributed by atoms with Crippen LogP contribution in [0.3, 0.4) is 0 Å². The van der Waals surface area contributed by atoms with Crippen molar-refractivity contribution < 1.29 is 13.6 Å². The van der Waals surface area contributed by atoms with E-state index < -0.39 is 17.5 Å². The second-order valence-corrected chi connectivity index (χ2v) is 4.20. The largest absolute Gasteiger partial charge is 0.398 e. The number of hydrogen-bond acceptors (Lipinski definition) is 2. The van der Waals surface area contributed by atoms with Crippen LogP contribution in [0.15, 0.2) is 36.4 Å². The molecular formula is C14H12F2N2O. The molecule has 0 aliphatic heterocycles. The van der Waals surface area contributed by atoms with Crippen molar-refractivity contribution in [2.75, 3.05) is 11.1 Å². The molecule has 0 aromatic heterocycles. The van der Waals surface area contributed by atoms with Gasteiger partial charge in [-0.15, -0.1) is 0 Å². The highest BCUT2D eigenvalue weighted by atomic mass is 19.1. The summed E-state index contributed by atoms with van der Waals surface area (Å²) in [5, 5.41) is 2.40. The second-order valence-electron chi connectivity index (χ2n) is 4.20. The molecule has 0 bridgehead atoms. The highest BCUT2D eigenvalue weighted by Gasteiger charge is 2.11. The number of carbonyl (C=O) groups is 1. The van der Waals surface area contributed by atoms with Crippen LogP contribution in [0.4, 0.5) is 20.2 Å². The van der Waals surface area contributed by atoms with E-state index in [0.29, 0.717) is 5.69 Å². The normalized spacial score (nSPS) is 10.3. The van der Waals surface area contributed by atoms with Gasteiger partial charge in [0.2, 0.25) is 0 Å². The van der Waals surface area contributed by atoms with Gasteiger partial charge in [0.25, 0.3) is 5.91 Å². The summed E-state index contributed by atoms with van der Waals surface area (Å²) < 4.78 is 26.0. The predicted molar refractivity (Wildman–Crippen MR) is 69.9 cm³/mol. The topological polar surface area (TPSA) is 55.1 Å². The molecule has 5 heteroatoms. The van der Waals surface area contributed by atoms with E-state index in [1.54, 1.807) is 18.2 Å². The van der Waals surface area contributed by atoms with E-state index in [1.165, 1.54) is 0 Å². The molecule has 3 N–H and O–H groups in total. The van der Waals surface area contributed by atoms with Crippen LogP contribution in [0.2, 0.25) is 0 Å². The SMILES string of the molecule is Cc1ccc(C(=O)Nc2cc(F)cc(F)c2)c(N)c1. The van der Waals surface area contributed by atoms with Crippen molar-refractivity contribution in [3.63, 3.8) is 0 Å². The minimum absolute atomic E-state index is 0.0440. The van der Waals surface area contributed by atoms with Gasteiger partial charge in [0.1, 0.15) is 11.6 Å². The lowest BCUT2D eigenvalue weighted by molar-refractivity contribution is 0.102. The number of halogens is 2. The monoisotopic (exact) mass is 262 g/mol. The number of aryl methyl sites for hydroxylation is 1. The maximum Gasteiger partial charge on any atom is 0.257 e. The molecule has 2 aromatic rings. The first-order valence-corrected chi connectivity index (χ1v) is 5.59. The Balaban J connectivity index is 2.25. The molecule has 0 radical (unpaired) electrons. The van der Waals surface area contributed by atoms with Gasteiger partial charge in [-0.05, 0) is 36.8 Å². The smallest absolute Gasteiger partial charge is 0.257 e. The van der Waals surface area contributed by atoms with Crippen molar-refractivity contribution in [3.05, 3.63) is 59.2 Å². The Bertz CT molecular complexity index is 621. The van der Waals surface area contributed by atoms with Crippen molar-refractivity contribution in [2.45, 2.75) is 6.92 Å². The fourth-order valence-electron chi connectivity index (χ4n) is 1.71. The quantitative estimate of drug-likeness (QED) is 0.817. The van der Waals surface area contributed by atoms with E-state index in [1.807, 2.05) is 6.92 Å². The van der Waals surface area contributed by atoms with Crippen molar-refractivity contribution in [3.8, 4) is 0 Å². The summed E-state index contributed by atoms with van der Waals surface area (Å²) in [6, 6.07) is 7.75. The van der Waals surface area contributed by atoms with Crippen LogP contribution in [0.25, 0.3) is 0 Å². The lowest BCUT2D eigenvalue weighted by atomic mass is 10.1. The van der Waals surface area contributed by atoms with Crippen LogP contribution >= 0.6 is 0 Å². The van der Waals surface area contributed by atoms with Gasteiger partial charge in [0.05, 0.1) is 5.56 Å². The third-order valence-electron chi connectivity index (χ3n) is 2.57. The fourth-order valence-corrected chi connectivity index (χ4v) is 1.71. The Morgan fingerprint density at radius 2 is 1.74 bits per heavy atom. The maximum atomic E-state index is 13.0. The van der Waals surface area contributed by atoms with Crippen LogP contribution in [-0.2, 0) is 0 Å². The van der Waals surface area contributed by atoms with E-state index in [-0.39, 0.29) is 11.3 Å². The summed E-state index contributed by atoms with van der Waals surface area (Å²) in [5.41, 5.74) is 7.27. The molecule has 0 saturated heterocycles. The number of anilines is 2. The molecule has 0 saturated carbocycles. The number of rotatable bonds is 2. The number of benzene rings is 2. The molecular weight excluding hydrogens is 250 g/mol. The van der Waals surface area contributed by atoms with Gasteiger partial charge in [0, 0.05) is 17.4 Å². The summed E-state index contributed by atoms with van der Waals surface area (Å²) in [5.74, 6) is -2.03. The predicted octanol–water partition coefficient (Wildman–Crippen LogP) is 3.11. The summed E-state index contributed by atoms with van der Waals surface area (Å²) in [4.78, 5) is 11.9. The highest BCUT2D eigenvalue weighted by Crippen LogP contribution is 2.18. The summed E-state index contributed by atoms with van der Waals surface area (Å²) in [6.45, 7) is 1.85. The summed E-state index contributed by atoms with van der Waals surface area (Å²) >= 11 is 0. The van der Waals surface area contributed by atoms with Crippen LogP contribution < -0.4 is 11.1 Å². The molecule has 0 heterocycles. The third kappa shape index (κ3) is 3.07. The van der Waals surface area contributed by atoms with Crippen LogP contribution in [0, 0.1) is 18.6 Å². The average molecular weight is 262 g/mol. The molecule has 19 heavy (non-hydrogen) atoms. The van der Waals surface area contributed by atoms with Gasteiger partial charge in [-0.3, -0.25) is 4.79 Å². The summed E-state index contributed by atoms with van der Waals surface area (Å²) in [7, 11) is 0. The number of nitrogens with two attached hydrogens (primary N) is 1. The van der Waals surface area contributed by atoms with Crippen LogP contribution in [0.5, 0.6) is 0 Å². The fraction of sp³-hybridized carbons (Fsp3) is 0.0714. The van der Waals surface area contributed by atoms with E-state index in [4.69, 9.17) is 5.73 Å². The van der Waals surface area contributed by atoms with Gasteiger partial charge < -0.3 is 11.1 Å². The lowest BCUT2D eigenvalue weighted by Gasteiger charge is -2.08. The Kier molecular flexibility index (Phi) is 3.46. The van der Waals surface area contributed by atoms with Gasteiger partial charge in [0.15, 0.2) is 0 Å². The first-order valence-electron chi connectivity index (χ1n) is 5.59.